The van der Waals surface area contributed by atoms with Crippen LogP contribution in [-0.4, -0.2) is 31.7 Å². The molecule has 0 atom stereocenters. The number of amides is 1. The molecule has 25 heavy (non-hydrogen) atoms. The van der Waals surface area contributed by atoms with Crippen LogP contribution in [0.5, 0.6) is 0 Å². The second kappa shape index (κ2) is 6.41. The topological polar surface area (TPSA) is 97.1 Å². The summed E-state index contributed by atoms with van der Waals surface area (Å²) in [4.78, 5) is 29.8. The number of carbonyl (C=O) groups is 2. The predicted molar refractivity (Wildman–Crippen MR) is 97.3 cm³/mol. The van der Waals surface area contributed by atoms with Gasteiger partial charge in [-0.1, -0.05) is 6.07 Å². The monoisotopic (exact) mass is 376 g/mol. The highest BCUT2D eigenvalue weighted by Gasteiger charge is 2.30. The van der Waals surface area contributed by atoms with Crippen LogP contribution < -0.4 is 5.32 Å². The molecule has 3 heterocycles. The normalized spacial score (nSPS) is 11.5. The number of rotatable bonds is 5. The van der Waals surface area contributed by atoms with Gasteiger partial charge in [-0.3, -0.25) is 9.48 Å². The Morgan fingerprint density at radius 2 is 2.12 bits per heavy atom. The first-order valence-corrected chi connectivity index (χ1v) is 9.10. The van der Waals surface area contributed by atoms with Crippen LogP contribution in [-0.2, 0) is 10.3 Å². The highest BCUT2D eigenvalue weighted by atomic mass is 32.1. The van der Waals surface area contributed by atoms with Gasteiger partial charge in [0, 0.05) is 6.20 Å². The summed E-state index contributed by atoms with van der Waals surface area (Å²) >= 11 is 2.90. The summed E-state index contributed by atoms with van der Waals surface area (Å²) in [7, 11) is 0. The summed E-state index contributed by atoms with van der Waals surface area (Å²) in [5, 5.41) is 18.8. The van der Waals surface area contributed by atoms with E-state index in [0.717, 1.165) is 9.88 Å². The molecule has 2 N–H and O–H groups in total. The number of nitrogens with zero attached hydrogens (tertiary/aromatic N) is 3. The Kier molecular flexibility index (Phi) is 4.44. The molecule has 9 heteroatoms. The number of thiophene rings is 1. The van der Waals surface area contributed by atoms with Gasteiger partial charge in [-0.05, 0) is 32.2 Å². The van der Waals surface area contributed by atoms with Crippen LogP contribution in [0.1, 0.15) is 29.2 Å². The van der Waals surface area contributed by atoms with Crippen molar-refractivity contribution in [1.82, 2.24) is 14.8 Å². The zero-order chi connectivity index (χ0) is 18.2. The van der Waals surface area contributed by atoms with Gasteiger partial charge in [0.1, 0.15) is 9.88 Å². The molecule has 0 saturated heterocycles. The third kappa shape index (κ3) is 3.33. The van der Waals surface area contributed by atoms with Crippen LogP contribution in [0, 0.1) is 6.92 Å². The Morgan fingerprint density at radius 1 is 1.36 bits per heavy atom. The van der Waals surface area contributed by atoms with Gasteiger partial charge in [-0.2, -0.15) is 5.10 Å². The lowest BCUT2D eigenvalue weighted by molar-refractivity contribution is -0.146. The second-order valence-electron chi connectivity index (χ2n) is 5.90. The zero-order valence-corrected chi connectivity index (χ0v) is 15.4. The second-order valence-corrected chi connectivity index (χ2v) is 7.85. The van der Waals surface area contributed by atoms with Crippen LogP contribution in [0.2, 0.25) is 0 Å². The van der Waals surface area contributed by atoms with E-state index in [4.69, 9.17) is 0 Å². The van der Waals surface area contributed by atoms with Crippen LogP contribution in [0.3, 0.4) is 0 Å². The fourth-order valence-electron chi connectivity index (χ4n) is 2.09. The van der Waals surface area contributed by atoms with Crippen LogP contribution >= 0.6 is 22.7 Å². The molecular weight excluding hydrogens is 360 g/mol. The number of carboxylic acid groups (broad SMARTS) is 1. The van der Waals surface area contributed by atoms with Gasteiger partial charge >= 0.3 is 5.97 Å². The fraction of sp³-hybridized carbons (Fsp3) is 0.250. The number of aryl methyl sites for hydroxylation is 1. The van der Waals surface area contributed by atoms with Crippen molar-refractivity contribution in [2.24, 2.45) is 0 Å². The summed E-state index contributed by atoms with van der Waals surface area (Å²) < 4.78 is 1.31. The number of carbonyl (C=O) groups excluding carboxylic acids is 1. The Morgan fingerprint density at radius 3 is 2.76 bits per heavy atom. The van der Waals surface area contributed by atoms with E-state index in [2.05, 4.69) is 15.4 Å². The molecule has 0 bridgehead atoms. The fourth-order valence-corrected chi connectivity index (χ4v) is 3.85. The van der Waals surface area contributed by atoms with Crippen molar-refractivity contribution in [1.29, 1.82) is 0 Å². The summed E-state index contributed by atoms with van der Waals surface area (Å²) in [6.07, 6.45) is 2.93. The number of hydrogen-bond acceptors (Lipinski definition) is 6. The molecule has 0 aromatic carbocycles. The third-order valence-electron chi connectivity index (χ3n) is 3.67. The molecular formula is C16H16N4O3S2. The highest BCUT2D eigenvalue weighted by Crippen LogP contribution is 2.31. The first-order valence-electron chi connectivity index (χ1n) is 7.40. The van der Waals surface area contributed by atoms with E-state index in [0.29, 0.717) is 16.3 Å². The molecule has 0 aliphatic rings. The number of aliphatic carboxylic acids is 1. The Hall–Kier alpha value is -2.52. The molecule has 0 aliphatic heterocycles. The number of anilines is 1. The SMILES string of the molecule is Cc1nc(-c2cccs2)sc1C(=O)Nc1cnn(C(C)(C)C(=O)O)c1. The van der Waals surface area contributed by atoms with Gasteiger partial charge in [0.2, 0.25) is 0 Å². The lowest BCUT2D eigenvalue weighted by atomic mass is 10.1. The molecule has 0 aliphatic carbocycles. The van der Waals surface area contributed by atoms with Gasteiger partial charge in [0.25, 0.3) is 5.91 Å². The maximum absolute atomic E-state index is 12.5. The van der Waals surface area contributed by atoms with E-state index in [9.17, 15) is 14.7 Å². The summed E-state index contributed by atoms with van der Waals surface area (Å²) in [5.41, 5.74) is -0.107. The first kappa shape index (κ1) is 17.3. The van der Waals surface area contributed by atoms with Crippen molar-refractivity contribution in [2.45, 2.75) is 26.3 Å². The van der Waals surface area contributed by atoms with Gasteiger partial charge in [0.05, 0.1) is 22.5 Å². The molecule has 3 aromatic rings. The molecule has 0 unspecified atom stereocenters. The summed E-state index contributed by atoms with van der Waals surface area (Å²) in [6.45, 7) is 4.86. The largest absolute Gasteiger partial charge is 0.479 e. The lowest BCUT2D eigenvalue weighted by Crippen LogP contribution is -2.35. The van der Waals surface area contributed by atoms with Crippen molar-refractivity contribution >= 4 is 40.2 Å². The summed E-state index contributed by atoms with van der Waals surface area (Å²) in [6, 6.07) is 3.90. The number of aromatic nitrogens is 3. The maximum atomic E-state index is 12.5. The van der Waals surface area contributed by atoms with Crippen LogP contribution in [0.4, 0.5) is 5.69 Å². The predicted octanol–water partition coefficient (Wildman–Crippen LogP) is 3.45. The van der Waals surface area contributed by atoms with Gasteiger partial charge < -0.3 is 10.4 Å². The zero-order valence-electron chi connectivity index (χ0n) is 13.8. The average Bonchev–Trinajstić information content (AvgIpc) is 3.26. The molecule has 1 amide bonds. The first-order chi connectivity index (χ1) is 11.8. The summed E-state index contributed by atoms with van der Waals surface area (Å²) in [5.74, 6) is -1.29. The maximum Gasteiger partial charge on any atom is 0.331 e. The molecule has 7 nitrogen and oxygen atoms in total. The van der Waals surface area contributed by atoms with E-state index in [1.54, 1.807) is 18.3 Å². The minimum atomic E-state index is -1.20. The standard InChI is InChI=1S/C16H16N4O3S2/c1-9-12(25-14(18-9)11-5-4-6-24-11)13(21)19-10-7-17-20(8-10)16(2,3)15(22)23/h4-8H,1-3H3,(H,19,21)(H,22,23). The molecule has 3 rings (SSSR count). The van der Waals surface area contributed by atoms with Crippen LogP contribution in [0.15, 0.2) is 29.9 Å². The van der Waals surface area contributed by atoms with Crippen molar-refractivity contribution < 1.29 is 14.7 Å². The van der Waals surface area contributed by atoms with Crippen molar-refractivity contribution in [3.05, 3.63) is 40.5 Å². The van der Waals surface area contributed by atoms with E-state index < -0.39 is 11.5 Å². The Bertz CT molecular complexity index is 925. The lowest BCUT2D eigenvalue weighted by Gasteiger charge is -2.19. The number of hydrogen-bond donors (Lipinski definition) is 2. The van der Waals surface area contributed by atoms with Crippen molar-refractivity contribution in [2.75, 3.05) is 5.32 Å². The molecule has 0 fully saturated rings. The Balaban J connectivity index is 1.80. The number of carboxylic acids is 1. The van der Waals surface area contributed by atoms with E-state index >= 15 is 0 Å². The third-order valence-corrected chi connectivity index (χ3v) is 5.87. The van der Waals surface area contributed by atoms with E-state index in [1.165, 1.54) is 42.3 Å². The minimum Gasteiger partial charge on any atom is -0.479 e. The van der Waals surface area contributed by atoms with Gasteiger partial charge in [-0.25, -0.2) is 9.78 Å². The van der Waals surface area contributed by atoms with Crippen molar-refractivity contribution in [3.8, 4) is 9.88 Å². The number of nitrogens with one attached hydrogen (secondary N) is 1. The van der Waals surface area contributed by atoms with Gasteiger partial charge in [-0.15, -0.1) is 22.7 Å². The van der Waals surface area contributed by atoms with E-state index in [1.807, 2.05) is 17.5 Å². The minimum absolute atomic E-state index is 0.287. The molecule has 0 radical (unpaired) electrons. The molecule has 0 saturated carbocycles. The molecule has 130 valence electrons. The van der Waals surface area contributed by atoms with Gasteiger partial charge in [0.15, 0.2) is 5.54 Å². The smallest absolute Gasteiger partial charge is 0.331 e. The quantitative estimate of drug-likeness (QED) is 0.711. The highest BCUT2D eigenvalue weighted by molar-refractivity contribution is 7.22. The molecule has 0 spiro atoms. The Labute approximate surface area is 152 Å². The molecule has 3 aromatic heterocycles. The number of thiazole rings is 1. The van der Waals surface area contributed by atoms with Crippen molar-refractivity contribution in [3.63, 3.8) is 0 Å². The van der Waals surface area contributed by atoms with Crippen LogP contribution in [0.25, 0.3) is 9.88 Å². The van der Waals surface area contributed by atoms with E-state index in [-0.39, 0.29) is 5.91 Å². The average molecular weight is 376 g/mol.